The minimum Gasteiger partial charge on any atom is -0.398 e. The summed E-state index contributed by atoms with van der Waals surface area (Å²) < 4.78 is 27.6. The molecule has 0 bridgehead atoms. The zero-order chi connectivity index (χ0) is 15.8. The first-order chi connectivity index (χ1) is 9.78. The maximum atomic E-state index is 12.9. The summed E-state index contributed by atoms with van der Waals surface area (Å²) in [4.78, 5) is 12.0. The smallest absolute Gasteiger partial charge is 0.244 e. The monoisotopic (exact) mass is 375 g/mol. The van der Waals surface area contributed by atoms with Crippen LogP contribution in [-0.2, 0) is 14.8 Å². The average molecular weight is 376 g/mol. The number of carbonyl (C=O) groups excluding carboxylic acids is 1. The molecule has 6 nitrogen and oxygen atoms in total. The summed E-state index contributed by atoms with van der Waals surface area (Å²) in [7, 11) is -3.75. The van der Waals surface area contributed by atoms with Crippen molar-refractivity contribution < 1.29 is 13.2 Å². The fourth-order valence-electron chi connectivity index (χ4n) is 2.44. The predicted octanol–water partition coefficient (Wildman–Crippen LogP) is 1.24. The van der Waals surface area contributed by atoms with E-state index in [1.54, 1.807) is 19.9 Å². The summed E-state index contributed by atoms with van der Waals surface area (Å²) in [5, 5.41) is 2.69. The number of amides is 1. The van der Waals surface area contributed by atoms with Crippen LogP contribution in [0, 0.1) is 6.92 Å². The molecule has 8 heteroatoms. The molecule has 1 amide bonds. The van der Waals surface area contributed by atoms with Gasteiger partial charge in [-0.05, 0) is 47.0 Å². The summed E-state index contributed by atoms with van der Waals surface area (Å²) in [5.74, 6) is -0.255. The molecule has 21 heavy (non-hydrogen) atoms. The lowest BCUT2D eigenvalue weighted by Crippen LogP contribution is -2.56. The van der Waals surface area contributed by atoms with Gasteiger partial charge in [-0.1, -0.05) is 6.92 Å². The van der Waals surface area contributed by atoms with Gasteiger partial charge in [0.15, 0.2) is 0 Å². The fourth-order valence-corrected chi connectivity index (χ4v) is 4.81. The number of anilines is 1. The number of nitrogens with one attached hydrogen (secondary N) is 1. The molecule has 1 aromatic rings. The molecule has 0 spiro atoms. The van der Waals surface area contributed by atoms with Gasteiger partial charge in [0.05, 0.1) is 4.90 Å². The SMILES string of the molecule is CCC1C(=O)NCCN1S(=O)(=O)c1cc(N)c(Br)cc1C. The highest BCUT2D eigenvalue weighted by Crippen LogP contribution is 2.30. The topological polar surface area (TPSA) is 92.5 Å². The van der Waals surface area contributed by atoms with Gasteiger partial charge in [0.2, 0.25) is 15.9 Å². The molecule has 1 saturated heterocycles. The minimum atomic E-state index is -3.75. The number of rotatable bonds is 3. The van der Waals surface area contributed by atoms with Crippen molar-refractivity contribution in [3.8, 4) is 0 Å². The molecule has 1 unspecified atom stereocenters. The van der Waals surface area contributed by atoms with Crippen LogP contribution in [0.3, 0.4) is 0 Å². The molecule has 1 aliphatic rings. The van der Waals surface area contributed by atoms with Gasteiger partial charge in [0.1, 0.15) is 6.04 Å². The quantitative estimate of drug-likeness (QED) is 0.777. The van der Waals surface area contributed by atoms with Crippen molar-refractivity contribution >= 4 is 37.5 Å². The number of hydrogen-bond donors (Lipinski definition) is 2. The highest BCUT2D eigenvalue weighted by molar-refractivity contribution is 9.10. The molecule has 1 aromatic carbocycles. The first-order valence-corrected chi connectivity index (χ1v) is 8.87. The maximum absolute atomic E-state index is 12.9. The molecule has 1 atom stereocenters. The van der Waals surface area contributed by atoms with Crippen molar-refractivity contribution in [2.75, 3.05) is 18.8 Å². The Morgan fingerprint density at radius 3 is 2.76 bits per heavy atom. The van der Waals surface area contributed by atoms with Crippen LogP contribution < -0.4 is 11.1 Å². The van der Waals surface area contributed by atoms with Crippen LogP contribution in [0.1, 0.15) is 18.9 Å². The summed E-state index contributed by atoms with van der Waals surface area (Å²) in [6.07, 6.45) is 0.427. The van der Waals surface area contributed by atoms with E-state index in [-0.39, 0.29) is 17.3 Å². The van der Waals surface area contributed by atoms with Crippen LogP contribution >= 0.6 is 15.9 Å². The number of halogens is 1. The number of nitrogens with two attached hydrogens (primary N) is 1. The number of hydrogen-bond acceptors (Lipinski definition) is 4. The third kappa shape index (κ3) is 2.93. The summed E-state index contributed by atoms with van der Waals surface area (Å²) in [6.45, 7) is 4.09. The Morgan fingerprint density at radius 1 is 1.48 bits per heavy atom. The van der Waals surface area contributed by atoms with Crippen LogP contribution in [0.15, 0.2) is 21.5 Å². The number of nitrogens with zero attached hydrogens (tertiary/aromatic N) is 1. The van der Waals surface area contributed by atoms with Crippen LogP contribution in [0.4, 0.5) is 5.69 Å². The second-order valence-electron chi connectivity index (χ2n) is 4.97. The van der Waals surface area contributed by atoms with Gasteiger partial charge in [0.25, 0.3) is 0 Å². The lowest BCUT2D eigenvalue weighted by atomic mass is 10.2. The van der Waals surface area contributed by atoms with Crippen molar-refractivity contribution in [2.24, 2.45) is 0 Å². The molecule has 1 aliphatic heterocycles. The Bertz CT molecular complexity index is 675. The molecule has 3 N–H and O–H groups in total. The van der Waals surface area contributed by atoms with Crippen molar-refractivity contribution in [1.82, 2.24) is 9.62 Å². The first-order valence-electron chi connectivity index (χ1n) is 6.64. The molecular weight excluding hydrogens is 358 g/mol. The highest BCUT2D eigenvalue weighted by atomic mass is 79.9. The molecular formula is C13H18BrN3O3S. The van der Waals surface area contributed by atoms with Crippen LogP contribution in [0.5, 0.6) is 0 Å². The van der Waals surface area contributed by atoms with Gasteiger partial charge in [-0.3, -0.25) is 4.79 Å². The third-order valence-corrected chi connectivity index (χ3v) is 6.29. The zero-order valence-corrected chi connectivity index (χ0v) is 14.3. The van der Waals surface area contributed by atoms with Gasteiger partial charge < -0.3 is 11.1 Å². The van der Waals surface area contributed by atoms with Gasteiger partial charge in [-0.25, -0.2) is 8.42 Å². The summed E-state index contributed by atoms with van der Waals surface area (Å²) in [5.41, 5.74) is 6.75. The number of carbonyl (C=O) groups is 1. The minimum absolute atomic E-state index is 0.149. The lowest BCUT2D eigenvalue weighted by Gasteiger charge is -2.33. The fraction of sp³-hybridized carbons (Fsp3) is 0.462. The van der Waals surface area contributed by atoms with E-state index in [1.165, 1.54) is 10.4 Å². The van der Waals surface area contributed by atoms with Crippen molar-refractivity contribution in [3.05, 3.63) is 22.2 Å². The van der Waals surface area contributed by atoms with Crippen molar-refractivity contribution in [3.63, 3.8) is 0 Å². The highest BCUT2D eigenvalue weighted by Gasteiger charge is 2.38. The molecule has 1 fully saturated rings. The van der Waals surface area contributed by atoms with E-state index in [0.29, 0.717) is 28.7 Å². The van der Waals surface area contributed by atoms with E-state index >= 15 is 0 Å². The van der Waals surface area contributed by atoms with Crippen molar-refractivity contribution in [2.45, 2.75) is 31.2 Å². The summed E-state index contributed by atoms with van der Waals surface area (Å²) in [6, 6.07) is 2.44. The van der Waals surface area contributed by atoms with Gasteiger partial charge in [-0.2, -0.15) is 4.31 Å². The van der Waals surface area contributed by atoms with E-state index in [9.17, 15) is 13.2 Å². The summed E-state index contributed by atoms with van der Waals surface area (Å²) >= 11 is 3.28. The van der Waals surface area contributed by atoms with E-state index in [4.69, 9.17) is 5.73 Å². The van der Waals surface area contributed by atoms with E-state index in [2.05, 4.69) is 21.2 Å². The second-order valence-corrected chi connectivity index (χ2v) is 7.68. The Labute approximate surface area is 132 Å². The van der Waals surface area contributed by atoms with Gasteiger partial charge >= 0.3 is 0 Å². The second kappa shape index (κ2) is 5.94. The first kappa shape index (κ1) is 16.3. The molecule has 2 rings (SSSR count). The number of nitrogen functional groups attached to an aromatic ring is 1. The van der Waals surface area contributed by atoms with Gasteiger partial charge in [-0.15, -0.1) is 0 Å². The molecule has 1 heterocycles. The Balaban J connectivity index is 2.51. The Hall–Kier alpha value is -1.12. The van der Waals surface area contributed by atoms with E-state index in [0.717, 1.165) is 0 Å². The van der Waals surface area contributed by atoms with Crippen molar-refractivity contribution in [1.29, 1.82) is 0 Å². The zero-order valence-electron chi connectivity index (χ0n) is 11.9. The molecule has 0 aromatic heterocycles. The average Bonchev–Trinajstić information content (AvgIpc) is 2.42. The molecule has 0 saturated carbocycles. The standard InChI is InChI=1S/C13H18BrN3O3S/c1-3-11-13(18)16-4-5-17(11)21(19,20)12-7-10(15)9(14)6-8(12)2/h6-7,11H,3-5,15H2,1-2H3,(H,16,18). The van der Waals surface area contributed by atoms with Crippen LogP contribution in [-0.4, -0.2) is 37.8 Å². The number of aryl methyl sites for hydroxylation is 1. The number of benzene rings is 1. The predicted molar refractivity (Wildman–Crippen MR) is 84.3 cm³/mol. The van der Waals surface area contributed by atoms with Gasteiger partial charge in [0, 0.05) is 23.2 Å². The normalized spacial score (nSPS) is 20.3. The third-order valence-electron chi connectivity index (χ3n) is 3.55. The molecule has 0 aliphatic carbocycles. The molecule has 0 radical (unpaired) electrons. The Morgan fingerprint density at radius 2 is 2.14 bits per heavy atom. The van der Waals surface area contributed by atoms with Crippen LogP contribution in [0.25, 0.3) is 0 Å². The van der Waals surface area contributed by atoms with Crippen LogP contribution in [0.2, 0.25) is 0 Å². The number of sulfonamides is 1. The largest absolute Gasteiger partial charge is 0.398 e. The lowest BCUT2D eigenvalue weighted by molar-refractivity contribution is -0.126. The molecule has 116 valence electrons. The number of piperazine rings is 1. The maximum Gasteiger partial charge on any atom is 0.244 e. The van der Waals surface area contributed by atoms with E-state index in [1.807, 2.05) is 0 Å². The Kier molecular flexibility index (Phi) is 4.60. The van der Waals surface area contributed by atoms with E-state index < -0.39 is 16.1 Å².